The molecule has 1 unspecified atom stereocenters. The molecule has 0 aromatic heterocycles. The number of hydrogen-bond donors (Lipinski definition) is 2. The molecule has 2 N–H and O–H groups in total. The Morgan fingerprint density at radius 2 is 1.78 bits per heavy atom. The summed E-state index contributed by atoms with van der Waals surface area (Å²) in [5.74, 6) is 1.91. The summed E-state index contributed by atoms with van der Waals surface area (Å²) in [7, 11) is 0. The van der Waals surface area contributed by atoms with Crippen LogP contribution in [0.4, 0.5) is 11.4 Å². The van der Waals surface area contributed by atoms with E-state index in [4.69, 9.17) is 9.47 Å². The van der Waals surface area contributed by atoms with Gasteiger partial charge in [-0.05, 0) is 67.6 Å². The Morgan fingerprint density at radius 1 is 1.03 bits per heavy atom. The minimum absolute atomic E-state index is 0.189. The monoisotopic (exact) mass is 433 g/mol. The molecule has 5 heteroatoms. The maximum Gasteiger partial charge on any atom is 0.126 e. The van der Waals surface area contributed by atoms with Gasteiger partial charge in [0, 0.05) is 29.4 Å². The van der Waals surface area contributed by atoms with Gasteiger partial charge in [0.2, 0.25) is 0 Å². The minimum Gasteiger partial charge on any atom is -0.507 e. The van der Waals surface area contributed by atoms with Gasteiger partial charge in [-0.1, -0.05) is 31.2 Å². The van der Waals surface area contributed by atoms with Gasteiger partial charge in [0.1, 0.15) is 30.1 Å². The Hall–Kier alpha value is -3.47. The highest BCUT2D eigenvalue weighted by Crippen LogP contribution is 2.33. The lowest BCUT2D eigenvalue weighted by Gasteiger charge is -2.15. The van der Waals surface area contributed by atoms with Gasteiger partial charge in [0.05, 0.1) is 6.61 Å². The zero-order chi connectivity index (χ0) is 22.9. The SMILES string of the molecule is CCOc1cccc(Nc2cccc(COc3ccc(CC(C)CC=O)c(O)c3C)c2)c1. The van der Waals surface area contributed by atoms with E-state index in [0.29, 0.717) is 37.4 Å². The van der Waals surface area contributed by atoms with Crippen LogP contribution >= 0.6 is 0 Å². The van der Waals surface area contributed by atoms with Crippen LogP contribution in [0.25, 0.3) is 0 Å². The van der Waals surface area contributed by atoms with Gasteiger partial charge in [-0.3, -0.25) is 0 Å². The van der Waals surface area contributed by atoms with Crippen molar-refractivity contribution in [3.8, 4) is 17.2 Å². The molecule has 0 radical (unpaired) electrons. The van der Waals surface area contributed by atoms with Crippen molar-refractivity contribution in [3.05, 3.63) is 77.4 Å². The highest BCUT2D eigenvalue weighted by molar-refractivity contribution is 5.61. The average molecular weight is 434 g/mol. The van der Waals surface area contributed by atoms with E-state index in [-0.39, 0.29) is 11.7 Å². The molecule has 3 aromatic rings. The molecule has 0 spiro atoms. The number of hydrogen-bond acceptors (Lipinski definition) is 5. The van der Waals surface area contributed by atoms with E-state index in [2.05, 4.69) is 5.32 Å². The zero-order valence-corrected chi connectivity index (χ0v) is 18.9. The fourth-order valence-corrected chi connectivity index (χ4v) is 3.58. The number of rotatable bonds is 11. The summed E-state index contributed by atoms with van der Waals surface area (Å²) in [5.41, 5.74) is 4.47. The summed E-state index contributed by atoms with van der Waals surface area (Å²) >= 11 is 0. The number of aldehydes is 1. The first kappa shape index (κ1) is 23.2. The molecule has 3 rings (SSSR count). The molecule has 32 heavy (non-hydrogen) atoms. The summed E-state index contributed by atoms with van der Waals surface area (Å²) in [6.07, 6.45) is 2.06. The molecule has 0 bridgehead atoms. The van der Waals surface area contributed by atoms with Crippen molar-refractivity contribution in [2.75, 3.05) is 11.9 Å². The molecule has 0 aliphatic carbocycles. The van der Waals surface area contributed by atoms with Gasteiger partial charge in [-0.25, -0.2) is 0 Å². The Bertz CT molecular complexity index is 1050. The molecule has 1 atom stereocenters. The summed E-state index contributed by atoms with van der Waals surface area (Å²) in [4.78, 5) is 10.7. The van der Waals surface area contributed by atoms with Gasteiger partial charge in [0.15, 0.2) is 0 Å². The number of aromatic hydroxyl groups is 1. The molecule has 0 heterocycles. The number of nitrogens with one attached hydrogen (secondary N) is 1. The summed E-state index contributed by atoms with van der Waals surface area (Å²) in [5, 5.41) is 14.0. The quantitative estimate of drug-likeness (QED) is 0.353. The largest absolute Gasteiger partial charge is 0.507 e. The third-order valence-electron chi connectivity index (χ3n) is 5.29. The first-order valence-corrected chi connectivity index (χ1v) is 11.0. The number of phenolic OH excluding ortho intramolecular Hbond substituents is 1. The molecule has 0 saturated carbocycles. The van der Waals surface area contributed by atoms with E-state index in [9.17, 15) is 9.90 Å². The van der Waals surface area contributed by atoms with Crippen LogP contribution in [0.2, 0.25) is 0 Å². The van der Waals surface area contributed by atoms with Crippen LogP contribution in [0.5, 0.6) is 17.2 Å². The van der Waals surface area contributed by atoms with Crippen LogP contribution < -0.4 is 14.8 Å². The second kappa shape index (κ2) is 11.2. The number of anilines is 2. The van der Waals surface area contributed by atoms with Gasteiger partial charge in [0.25, 0.3) is 0 Å². The topological polar surface area (TPSA) is 67.8 Å². The van der Waals surface area contributed by atoms with Crippen LogP contribution in [-0.2, 0) is 17.8 Å². The lowest BCUT2D eigenvalue weighted by Crippen LogP contribution is -2.03. The standard InChI is InChI=1S/C27H31NO4/c1-4-31-25-10-6-9-24(17-25)28-23-8-5-7-21(16-23)18-32-26-12-11-22(27(30)20(26)3)15-19(2)13-14-29/h5-12,14,16-17,19,28,30H,4,13,15,18H2,1-3H3. The van der Waals surface area contributed by atoms with Gasteiger partial charge in [-0.2, -0.15) is 0 Å². The summed E-state index contributed by atoms with van der Waals surface area (Å²) in [6, 6.07) is 19.7. The predicted octanol–water partition coefficient (Wildman–Crippen LogP) is 6.19. The third-order valence-corrected chi connectivity index (χ3v) is 5.29. The highest BCUT2D eigenvalue weighted by atomic mass is 16.5. The number of phenols is 1. The van der Waals surface area contributed by atoms with Crippen LogP contribution in [0.1, 0.15) is 37.0 Å². The molecule has 0 fully saturated rings. The molecular formula is C27H31NO4. The molecule has 3 aromatic carbocycles. The first-order valence-electron chi connectivity index (χ1n) is 11.0. The maximum absolute atomic E-state index is 10.7. The number of benzene rings is 3. The van der Waals surface area contributed by atoms with Crippen molar-refractivity contribution in [1.82, 2.24) is 0 Å². The normalized spacial score (nSPS) is 11.6. The Labute approximate surface area is 190 Å². The summed E-state index contributed by atoms with van der Waals surface area (Å²) < 4.78 is 11.6. The average Bonchev–Trinajstić information content (AvgIpc) is 2.77. The van der Waals surface area contributed by atoms with Crippen LogP contribution in [-0.4, -0.2) is 18.0 Å². The van der Waals surface area contributed by atoms with Gasteiger partial charge >= 0.3 is 0 Å². The molecule has 0 aliphatic rings. The maximum atomic E-state index is 10.7. The van der Waals surface area contributed by atoms with Crippen LogP contribution in [0, 0.1) is 12.8 Å². The molecule has 0 aliphatic heterocycles. The lowest BCUT2D eigenvalue weighted by molar-refractivity contribution is -0.108. The first-order chi connectivity index (χ1) is 15.5. The summed E-state index contributed by atoms with van der Waals surface area (Å²) in [6.45, 7) is 6.83. The minimum atomic E-state index is 0.189. The molecule has 0 saturated heterocycles. The lowest BCUT2D eigenvalue weighted by atomic mass is 9.96. The Balaban J connectivity index is 1.65. The van der Waals surface area contributed by atoms with Crippen molar-refractivity contribution in [2.45, 2.75) is 40.2 Å². The Kier molecular flexibility index (Phi) is 8.14. The third kappa shape index (κ3) is 6.27. The molecular weight excluding hydrogens is 402 g/mol. The van der Waals surface area contributed by atoms with Gasteiger partial charge in [-0.15, -0.1) is 0 Å². The van der Waals surface area contributed by atoms with Crippen LogP contribution in [0.15, 0.2) is 60.7 Å². The Morgan fingerprint density at radius 3 is 2.53 bits per heavy atom. The van der Waals surface area contributed by atoms with Crippen molar-refractivity contribution in [2.24, 2.45) is 5.92 Å². The van der Waals surface area contributed by atoms with E-state index >= 15 is 0 Å². The zero-order valence-electron chi connectivity index (χ0n) is 18.9. The fourth-order valence-electron chi connectivity index (χ4n) is 3.58. The number of ether oxygens (including phenoxy) is 2. The fraction of sp³-hybridized carbons (Fsp3) is 0.296. The van der Waals surface area contributed by atoms with E-state index in [0.717, 1.165) is 34.5 Å². The van der Waals surface area contributed by atoms with Crippen molar-refractivity contribution in [3.63, 3.8) is 0 Å². The number of carbonyl (C=O) groups is 1. The molecule has 5 nitrogen and oxygen atoms in total. The van der Waals surface area contributed by atoms with Crippen LogP contribution in [0.3, 0.4) is 0 Å². The second-order valence-corrected chi connectivity index (χ2v) is 7.98. The van der Waals surface area contributed by atoms with Gasteiger partial charge < -0.3 is 24.7 Å². The predicted molar refractivity (Wildman–Crippen MR) is 128 cm³/mol. The van der Waals surface area contributed by atoms with E-state index in [1.165, 1.54) is 0 Å². The van der Waals surface area contributed by atoms with Crippen molar-refractivity contribution >= 4 is 17.7 Å². The van der Waals surface area contributed by atoms with E-state index in [1.54, 1.807) is 0 Å². The molecule has 0 amide bonds. The van der Waals surface area contributed by atoms with Crippen molar-refractivity contribution in [1.29, 1.82) is 0 Å². The smallest absolute Gasteiger partial charge is 0.126 e. The van der Waals surface area contributed by atoms with E-state index in [1.807, 2.05) is 81.4 Å². The number of carbonyl (C=O) groups excluding carboxylic acids is 1. The second-order valence-electron chi connectivity index (χ2n) is 7.98. The van der Waals surface area contributed by atoms with Crippen molar-refractivity contribution < 1.29 is 19.4 Å². The molecule has 168 valence electrons. The highest BCUT2D eigenvalue weighted by Gasteiger charge is 2.13. The van der Waals surface area contributed by atoms with E-state index < -0.39 is 0 Å².